The van der Waals surface area contributed by atoms with Gasteiger partial charge in [-0.3, -0.25) is 0 Å². The van der Waals surface area contributed by atoms with Crippen molar-refractivity contribution in [1.82, 2.24) is 15.5 Å². The minimum Gasteiger partial charge on any atom is -0.444 e. The summed E-state index contributed by atoms with van der Waals surface area (Å²) in [4.78, 5) is 23.6. The number of aryl methyl sites for hydroxylation is 1. The van der Waals surface area contributed by atoms with Gasteiger partial charge in [-0.15, -0.1) is 5.10 Å². The quantitative estimate of drug-likeness (QED) is 0.864. The first-order valence-electron chi connectivity index (χ1n) is 8.30. The van der Waals surface area contributed by atoms with Crippen LogP contribution in [-0.4, -0.2) is 21.9 Å². The van der Waals surface area contributed by atoms with Crippen molar-refractivity contribution in [2.45, 2.75) is 59.1 Å². The maximum absolute atomic E-state index is 14.5. The number of ether oxygens (including phenoxy) is 1. The summed E-state index contributed by atoms with van der Waals surface area (Å²) in [7, 11) is 0. The highest BCUT2D eigenvalue weighted by Gasteiger charge is 2.32. The number of nitrogens with one attached hydrogen (secondary N) is 2. The number of aromatic nitrogens is 2. The zero-order valence-electron chi connectivity index (χ0n) is 15.8. The van der Waals surface area contributed by atoms with Crippen LogP contribution in [0.4, 0.5) is 9.18 Å². The number of hydrogen-bond acceptors (Lipinski definition) is 5. The van der Waals surface area contributed by atoms with Gasteiger partial charge >= 0.3 is 11.8 Å². The Bertz CT molecular complexity index is 851. The molecule has 2 rings (SSSR count). The summed E-state index contributed by atoms with van der Waals surface area (Å²) in [5.41, 5.74) is 1.37. The molecule has 2 N–H and O–H groups in total. The van der Waals surface area contributed by atoms with Crippen molar-refractivity contribution in [2.75, 3.05) is 0 Å². The van der Waals surface area contributed by atoms with Gasteiger partial charge in [0, 0.05) is 5.92 Å². The smallest absolute Gasteiger partial charge is 0.434 e. The number of H-pyrrole nitrogens is 1. The Hall–Kier alpha value is -2.64. The van der Waals surface area contributed by atoms with E-state index in [0.717, 1.165) is 11.1 Å². The van der Waals surface area contributed by atoms with E-state index < -0.39 is 35.2 Å². The molecule has 7 nitrogen and oxygen atoms in total. The summed E-state index contributed by atoms with van der Waals surface area (Å²) in [5.74, 6) is -1.78. The van der Waals surface area contributed by atoms with Crippen molar-refractivity contribution in [1.29, 1.82) is 0 Å². The molecule has 0 saturated carbocycles. The molecular weight excluding hydrogens is 341 g/mol. The summed E-state index contributed by atoms with van der Waals surface area (Å²) in [6.07, 6.45) is -0.717. The Morgan fingerprint density at radius 3 is 2.54 bits per heavy atom. The Morgan fingerprint density at radius 2 is 2.00 bits per heavy atom. The SMILES string of the molecule is Cc1ccc(F)c(C(C)[C@H](NC(=O)OC(C)(C)C)c2n[nH]c(=O)o2)c1C. The van der Waals surface area contributed by atoms with E-state index in [1.807, 2.05) is 6.92 Å². The van der Waals surface area contributed by atoms with Gasteiger partial charge in [0.1, 0.15) is 17.5 Å². The zero-order valence-corrected chi connectivity index (χ0v) is 15.8. The topological polar surface area (TPSA) is 97.2 Å². The lowest BCUT2D eigenvalue weighted by Gasteiger charge is -2.27. The Balaban J connectivity index is 2.43. The van der Waals surface area contributed by atoms with Gasteiger partial charge in [-0.2, -0.15) is 0 Å². The molecule has 1 aromatic carbocycles. The summed E-state index contributed by atoms with van der Waals surface area (Å²) >= 11 is 0. The molecular formula is C18H24FN3O4. The molecule has 2 atom stereocenters. The number of alkyl carbamates (subject to hydrolysis) is 1. The van der Waals surface area contributed by atoms with E-state index >= 15 is 0 Å². The summed E-state index contributed by atoms with van der Waals surface area (Å²) < 4.78 is 24.8. The molecule has 1 heterocycles. The highest BCUT2D eigenvalue weighted by atomic mass is 19.1. The number of carbonyl (C=O) groups is 1. The maximum Gasteiger partial charge on any atom is 0.434 e. The number of rotatable bonds is 4. The van der Waals surface area contributed by atoms with Crippen molar-refractivity contribution >= 4 is 6.09 Å². The highest BCUT2D eigenvalue weighted by Crippen LogP contribution is 2.34. The average Bonchev–Trinajstić information content (AvgIpc) is 2.93. The van der Waals surface area contributed by atoms with Crippen LogP contribution < -0.4 is 11.1 Å². The predicted octanol–water partition coefficient (Wildman–Crippen LogP) is 3.49. The number of halogens is 1. The molecule has 0 aliphatic rings. The van der Waals surface area contributed by atoms with Crippen LogP contribution in [0.3, 0.4) is 0 Å². The molecule has 0 radical (unpaired) electrons. The minimum atomic E-state index is -0.890. The lowest BCUT2D eigenvalue weighted by atomic mass is 9.87. The van der Waals surface area contributed by atoms with Crippen molar-refractivity contribution in [3.8, 4) is 0 Å². The number of amides is 1. The van der Waals surface area contributed by atoms with E-state index in [4.69, 9.17) is 9.15 Å². The number of benzene rings is 1. The van der Waals surface area contributed by atoms with Gasteiger partial charge in [0.25, 0.3) is 0 Å². The fraction of sp³-hybridized carbons (Fsp3) is 0.500. The number of carbonyl (C=O) groups excluding carboxylic acids is 1. The third-order valence-electron chi connectivity index (χ3n) is 4.08. The molecule has 0 fully saturated rings. The normalized spacial score (nSPS) is 14.0. The standard InChI is InChI=1S/C18H24FN3O4/c1-9-7-8-12(19)13(10(9)2)11(3)14(15-21-22-17(24)25-15)20-16(23)26-18(4,5)6/h7-8,11,14H,1-6H3,(H,20,23)(H,22,24)/t11?,14-/m0/s1. The van der Waals surface area contributed by atoms with Crippen molar-refractivity contribution in [3.63, 3.8) is 0 Å². The summed E-state index contributed by atoms with van der Waals surface area (Å²) in [5, 5.41) is 8.59. The Labute approximate surface area is 150 Å². The third-order valence-corrected chi connectivity index (χ3v) is 4.08. The van der Waals surface area contributed by atoms with Crippen LogP contribution >= 0.6 is 0 Å². The second kappa shape index (κ2) is 7.31. The molecule has 142 valence electrons. The predicted molar refractivity (Wildman–Crippen MR) is 93.5 cm³/mol. The maximum atomic E-state index is 14.5. The van der Waals surface area contributed by atoms with Crippen molar-refractivity contribution in [3.05, 3.63) is 51.1 Å². The van der Waals surface area contributed by atoms with Crippen LogP contribution in [0.25, 0.3) is 0 Å². The molecule has 1 unspecified atom stereocenters. The molecule has 1 amide bonds. The average molecular weight is 365 g/mol. The number of aromatic amines is 1. The van der Waals surface area contributed by atoms with Gasteiger partial charge in [-0.25, -0.2) is 19.1 Å². The monoisotopic (exact) mass is 365 g/mol. The second-order valence-corrected chi connectivity index (χ2v) is 7.27. The van der Waals surface area contributed by atoms with Gasteiger partial charge in [0.2, 0.25) is 5.89 Å². The van der Waals surface area contributed by atoms with Gasteiger partial charge in [0.05, 0.1) is 0 Å². The molecule has 0 saturated heterocycles. The number of nitrogens with zero attached hydrogens (tertiary/aromatic N) is 1. The van der Waals surface area contributed by atoms with Gasteiger partial charge in [0.15, 0.2) is 0 Å². The van der Waals surface area contributed by atoms with Crippen LogP contribution in [0.5, 0.6) is 0 Å². The Morgan fingerprint density at radius 1 is 1.35 bits per heavy atom. The molecule has 0 spiro atoms. The number of hydrogen-bond donors (Lipinski definition) is 2. The fourth-order valence-corrected chi connectivity index (χ4v) is 2.74. The second-order valence-electron chi connectivity index (χ2n) is 7.27. The largest absolute Gasteiger partial charge is 0.444 e. The minimum absolute atomic E-state index is 0.0475. The highest BCUT2D eigenvalue weighted by molar-refractivity contribution is 5.68. The first kappa shape index (κ1) is 19.7. The molecule has 2 aromatic rings. The van der Waals surface area contributed by atoms with Gasteiger partial charge in [-0.1, -0.05) is 13.0 Å². The van der Waals surface area contributed by atoms with Crippen LogP contribution in [0.15, 0.2) is 21.3 Å². The van der Waals surface area contributed by atoms with Crippen molar-refractivity contribution < 1.29 is 18.3 Å². The zero-order chi connectivity index (χ0) is 19.6. The molecule has 26 heavy (non-hydrogen) atoms. The van der Waals surface area contributed by atoms with Crippen LogP contribution in [0.1, 0.15) is 62.2 Å². The van der Waals surface area contributed by atoms with E-state index in [-0.39, 0.29) is 5.89 Å². The lowest BCUT2D eigenvalue weighted by molar-refractivity contribution is 0.0486. The molecule has 8 heteroatoms. The van der Waals surface area contributed by atoms with Crippen LogP contribution in [0.2, 0.25) is 0 Å². The summed E-state index contributed by atoms with van der Waals surface area (Å²) in [6.45, 7) is 10.6. The molecule has 0 bridgehead atoms. The molecule has 0 aliphatic heterocycles. The van der Waals surface area contributed by atoms with E-state index in [9.17, 15) is 14.0 Å². The first-order chi connectivity index (χ1) is 12.0. The van der Waals surface area contributed by atoms with Gasteiger partial charge < -0.3 is 14.5 Å². The van der Waals surface area contributed by atoms with E-state index in [1.165, 1.54) is 6.07 Å². The van der Waals surface area contributed by atoms with Crippen molar-refractivity contribution in [2.24, 2.45) is 0 Å². The van der Waals surface area contributed by atoms with Gasteiger partial charge in [-0.05, 0) is 57.4 Å². The van der Waals surface area contributed by atoms with E-state index in [2.05, 4.69) is 15.5 Å². The van der Waals surface area contributed by atoms with Crippen LogP contribution in [-0.2, 0) is 4.74 Å². The molecule has 1 aromatic heterocycles. The molecule has 0 aliphatic carbocycles. The Kier molecular flexibility index (Phi) is 5.53. The third kappa shape index (κ3) is 4.50. The van der Waals surface area contributed by atoms with E-state index in [1.54, 1.807) is 40.7 Å². The fourth-order valence-electron chi connectivity index (χ4n) is 2.74. The summed E-state index contributed by atoms with van der Waals surface area (Å²) in [6, 6.07) is 2.17. The van der Waals surface area contributed by atoms with E-state index in [0.29, 0.717) is 5.56 Å². The lowest BCUT2D eigenvalue weighted by Crippen LogP contribution is -2.37. The van der Waals surface area contributed by atoms with Crippen LogP contribution in [0, 0.1) is 19.7 Å². The first-order valence-corrected chi connectivity index (χ1v) is 8.30.